The molecule has 138 valence electrons. The lowest BCUT2D eigenvalue weighted by molar-refractivity contribution is 0.0783. The van der Waals surface area contributed by atoms with Gasteiger partial charge >= 0.3 is 0 Å². The molecule has 0 spiro atoms. The maximum Gasteiger partial charge on any atom is 0.257 e. The van der Waals surface area contributed by atoms with Crippen molar-refractivity contribution >= 4 is 5.91 Å². The Labute approximate surface area is 157 Å². The molecule has 2 aliphatic rings. The highest BCUT2D eigenvalue weighted by molar-refractivity contribution is 5.95. The Bertz CT molecular complexity index is 1000. The smallest absolute Gasteiger partial charge is 0.257 e. The van der Waals surface area contributed by atoms with Gasteiger partial charge in [0.15, 0.2) is 5.82 Å². The monoisotopic (exact) mass is 362 g/mol. The highest BCUT2D eigenvalue weighted by atomic mass is 16.2. The Balaban J connectivity index is 1.47. The van der Waals surface area contributed by atoms with Crippen molar-refractivity contribution in [1.29, 1.82) is 0 Å². The Hall–Kier alpha value is -2.96. The average molecular weight is 362 g/mol. The van der Waals surface area contributed by atoms with Crippen LogP contribution in [0.25, 0.3) is 11.4 Å². The molecule has 0 aliphatic carbocycles. The van der Waals surface area contributed by atoms with Crippen LogP contribution < -0.4 is 0 Å². The van der Waals surface area contributed by atoms with Crippen LogP contribution in [-0.4, -0.2) is 48.4 Å². The first-order valence-electron chi connectivity index (χ1n) is 9.40. The summed E-state index contributed by atoms with van der Waals surface area (Å²) >= 11 is 0. The quantitative estimate of drug-likeness (QED) is 0.701. The summed E-state index contributed by atoms with van der Waals surface area (Å²) in [6.07, 6.45) is 3.64. The van der Waals surface area contributed by atoms with Gasteiger partial charge in [0.1, 0.15) is 5.82 Å². The molecule has 0 N–H and O–H groups in total. The molecule has 1 saturated heterocycles. The van der Waals surface area contributed by atoms with Crippen LogP contribution in [0.2, 0.25) is 0 Å². The van der Waals surface area contributed by atoms with Crippen molar-refractivity contribution in [2.45, 2.75) is 25.8 Å². The summed E-state index contributed by atoms with van der Waals surface area (Å²) in [4.78, 5) is 15.0. The molecule has 0 radical (unpaired) electrons. The maximum atomic E-state index is 13.1. The fourth-order valence-electron chi connectivity index (χ4n) is 4.42. The van der Waals surface area contributed by atoms with E-state index in [2.05, 4.69) is 32.0 Å². The molecule has 7 heteroatoms. The number of aromatic nitrogens is 5. The molecule has 5 rings (SSSR count). The molecule has 0 saturated carbocycles. The second-order valence-electron chi connectivity index (χ2n) is 7.52. The van der Waals surface area contributed by atoms with Crippen LogP contribution in [0.4, 0.5) is 0 Å². The lowest BCUT2D eigenvalue weighted by atomic mass is 9.93. The summed E-state index contributed by atoms with van der Waals surface area (Å²) in [7, 11) is 1.87. The van der Waals surface area contributed by atoms with Crippen molar-refractivity contribution in [3.8, 4) is 11.4 Å². The second kappa shape index (κ2) is 6.04. The van der Waals surface area contributed by atoms with E-state index in [0.29, 0.717) is 18.0 Å². The molecule has 7 nitrogen and oxygen atoms in total. The third-order valence-electron chi connectivity index (χ3n) is 6.03. The fraction of sp³-hybridized carbons (Fsp3) is 0.400. The number of hydrogen-bond donors (Lipinski definition) is 0. The third kappa shape index (κ3) is 2.49. The van der Waals surface area contributed by atoms with Crippen molar-refractivity contribution in [2.24, 2.45) is 13.0 Å². The van der Waals surface area contributed by atoms with E-state index in [-0.39, 0.29) is 11.9 Å². The van der Waals surface area contributed by atoms with E-state index in [4.69, 9.17) is 0 Å². The van der Waals surface area contributed by atoms with Gasteiger partial charge in [-0.05, 0) is 19.3 Å². The van der Waals surface area contributed by atoms with Crippen LogP contribution in [0.3, 0.4) is 0 Å². The molecule has 0 bridgehead atoms. The van der Waals surface area contributed by atoms with Gasteiger partial charge in [-0.1, -0.05) is 30.3 Å². The SMILES string of the molecule is Cc1c(C(=O)N2C[C@H]3CCc4nnc(-c5ccccc5)n4[C@H]3C2)cnn1C. The summed E-state index contributed by atoms with van der Waals surface area (Å²) in [5.41, 5.74) is 2.68. The highest BCUT2D eigenvalue weighted by Crippen LogP contribution is 2.39. The zero-order chi connectivity index (χ0) is 18.5. The Morgan fingerprint density at radius 2 is 1.96 bits per heavy atom. The molecular formula is C20H22N6O. The lowest BCUT2D eigenvalue weighted by Gasteiger charge is -2.27. The summed E-state index contributed by atoms with van der Waals surface area (Å²) < 4.78 is 4.02. The summed E-state index contributed by atoms with van der Waals surface area (Å²) in [5, 5.41) is 13.1. The first-order chi connectivity index (χ1) is 13.1. The minimum Gasteiger partial charge on any atom is -0.336 e. The largest absolute Gasteiger partial charge is 0.336 e. The van der Waals surface area contributed by atoms with Crippen LogP contribution in [0.1, 0.15) is 34.3 Å². The number of likely N-dealkylation sites (tertiary alicyclic amines) is 1. The van der Waals surface area contributed by atoms with E-state index in [9.17, 15) is 4.79 Å². The summed E-state index contributed by atoms with van der Waals surface area (Å²) in [5.74, 6) is 2.46. The number of carbonyl (C=O) groups excluding carboxylic acids is 1. The number of nitrogens with zero attached hydrogens (tertiary/aromatic N) is 6. The second-order valence-corrected chi connectivity index (χ2v) is 7.52. The first kappa shape index (κ1) is 16.2. The molecule has 2 aliphatic heterocycles. The van der Waals surface area contributed by atoms with Crippen molar-refractivity contribution in [1.82, 2.24) is 29.4 Å². The zero-order valence-corrected chi connectivity index (χ0v) is 15.5. The van der Waals surface area contributed by atoms with E-state index in [1.165, 1.54) is 0 Å². The Kier molecular flexibility index (Phi) is 3.63. The molecule has 1 amide bonds. The van der Waals surface area contributed by atoms with Gasteiger partial charge in [-0.2, -0.15) is 5.10 Å². The van der Waals surface area contributed by atoms with Crippen LogP contribution in [0, 0.1) is 12.8 Å². The van der Waals surface area contributed by atoms with Gasteiger partial charge < -0.3 is 9.47 Å². The molecular weight excluding hydrogens is 340 g/mol. The molecule has 3 aromatic rings. The summed E-state index contributed by atoms with van der Waals surface area (Å²) in [6, 6.07) is 10.4. The van der Waals surface area contributed by atoms with Crippen molar-refractivity contribution in [2.75, 3.05) is 13.1 Å². The van der Waals surface area contributed by atoms with E-state index in [1.54, 1.807) is 10.9 Å². The minimum atomic E-state index is 0.0749. The zero-order valence-electron chi connectivity index (χ0n) is 15.5. The van der Waals surface area contributed by atoms with Gasteiger partial charge in [-0.15, -0.1) is 10.2 Å². The molecule has 4 heterocycles. The molecule has 27 heavy (non-hydrogen) atoms. The number of benzene rings is 1. The minimum absolute atomic E-state index is 0.0749. The van der Waals surface area contributed by atoms with E-state index < -0.39 is 0 Å². The van der Waals surface area contributed by atoms with Crippen LogP contribution >= 0.6 is 0 Å². The number of hydrogen-bond acceptors (Lipinski definition) is 4. The topological polar surface area (TPSA) is 68.8 Å². The maximum absolute atomic E-state index is 13.1. The lowest BCUT2D eigenvalue weighted by Crippen LogP contribution is -2.29. The first-order valence-corrected chi connectivity index (χ1v) is 9.40. The van der Waals surface area contributed by atoms with Gasteiger partial charge in [0.2, 0.25) is 0 Å². The standard InChI is InChI=1S/C20H22N6O/c1-13-16(10-21-24(13)2)20(27)25-11-15-8-9-18-22-23-19(26(18)17(15)12-25)14-6-4-3-5-7-14/h3-7,10,15,17H,8-9,11-12H2,1-2H3/t15-,17+/m1/s1. The highest BCUT2D eigenvalue weighted by Gasteiger charge is 2.41. The Morgan fingerprint density at radius 1 is 1.15 bits per heavy atom. The molecule has 1 fully saturated rings. The van der Waals surface area contributed by atoms with Crippen molar-refractivity contribution in [3.63, 3.8) is 0 Å². The summed E-state index contributed by atoms with van der Waals surface area (Å²) in [6.45, 7) is 3.42. The predicted octanol–water partition coefficient (Wildman–Crippen LogP) is 2.25. The number of amides is 1. The third-order valence-corrected chi connectivity index (χ3v) is 6.03. The van der Waals surface area contributed by atoms with E-state index >= 15 is 0 Å². The van der Waals surface area contributed by atoms with Gasteiger partial charge in [-0.25, -0.2) is 0 Å². The predicted molar refractivity (Wildman–Crippen MR) is 100 cm³/mol. The van der Waals surface area contributed by atoms with Crippen LogP contribution in [0.5, 0.6) is 0 Å². The number of rotatable bonds is 2. The molecule has 2 aromatic heterocycles. The number of carbonyl (C=O) groups is 1. The molecule has 0 unspecified atom stereocenters. The average Bonchev–Trinajstić information content (AvgIpc) is 3.39. The van der Waals surface area contributed by atoms with E-state index in [1.807, 2.05) is 37.1 Å². The van der Waals surface area contributed by atoms with Gasteiger partial charge in [0.25, 0.3) is 5.91 Å². The van der Waals surface area contributed by atoms with Gasteiger partial charge in [0.05, 0.1) is 17.8 Å². The van der Waals surface area contributed by atoms with Crippen LogP contribution in [0.15, 0.2) is 36.5 Å². The van der Waals surface area contributed by atoms with Crippen LogP contribution in [-0.2, 0) is 13.5 Å². The normalized spacial score (nSPS) is 21.2. The van der Waals surface area contributed by atoms with Crippen molar-refractivity contribution < 1.29 is 4.79 Å². The number of fused-ring (bicyclic) bond motifs is 3. The Morgan fingerprint density at radius 3 is 2.70 bits per heavy atom. The van der Waals surface area contributed by atoms with E-state index in [0.717, 1.165) is 42.3 Å². The molecule has 1 aromatic carbocycles. The number of aryl methyl sites for hydroxylation is 2. The van der Waals surface area contributed by atoms with Crippen molar-refractivity contribution in [3.05, 3.63) is 53.6 Å². The fourth-order valence-corrected chi connectivity index (χ4v) is 4.42. The van der Waals surface area contributed by atoms with Gasteiger partial charge in [0, 0.05) is 37.8 Å². The molecule has 2 atom stereocenters. The van der Waals surface area contributed by atoms with Gasteiger partial charge in [-0.3, -0.25) is 9.48 Å².